The minimum absolute atomic E-state index is 0.120. The van der Waals surface area contributed by atoms with Crippen LogP contribution in [-0.4, -0.2) is 32.9 Å². The first kappa shape index (κ1) is 26.6. The summed E-state index contributed by atoms with van der Waals surface area (Å²) in [4.78, 5) is 18.3. The molecule has 1 unspecified atom stereocenters. The maximum atomic E-state index is 13.5. The number of Topliss-reactive ketones (excluding diaryl/α,β-unsaturated/α-hetero) is 1. The van der Waals surface area contributed by atoms with Crippen LogP contribution in [0.15, 0.2) is 58.9 Å². The number of aromatic nitrogens is 3. The van der Waals surface area contributed by atoms with Crippen LogP contribution in [0, 0.1) is 5.41 Å². The van der Waals surface area contributed by atoms with Crippen molar-refractivity contribution in [3.05, 3.63) is 69.9 Å². The fourth-order valence-electron chi connectivity index (χ4n) is 4.98. The maximum Gasteiger partial charge on any atom is 0.227 e. The Balaban J connectivity index is 1.53. The van der Waals surface area contributed by atoms with Crippen molar-refractivity contribution in [2.75, 3.05) is 17.7 Å². The normalized spacial score (nSPS) is 18.0. The molecular formula is C29H33ClN4O3S. The summed E-state index contributed by atoms with van der Waals surface area (Å²) in [5.74, 6) is 3.01. The lowest BCUT2D eigenvalue weighted by Gasteiger charge is -2.38. The van der Waals surface area contributed by atoms with Gasteiger partial charge in [-0.05, 0) is 60.6 Å². The van der Waals surface area contributed by atoms with Crippen LogP contribution in [0.4, 0.5) is 5.95 Å². The lowest BCUT2D eigenvalue weighted by atomic mass is 9.73. The highest BCUT2D eigenvalue weighted by atomic mass is 35.5. The van der Waals surface area contributed by atoms with Crippen molar-refractivity contribution in [2.24, 2.45) is 5.41 Å². The number of nitrogens with one attached hydrogen (secondary N) is 1. The summed E-state index contributed by atoms with van der Waals surface area (Å²) >= 11 is 7.64. The number of nitrogens with zero attached hydrogens (tertiary/aromatic N) is 3. The third kappa shape index (κ3) is 5.57. The Labute approximate surface area is 233 Å². The largest absolute Gasteiger partial charge is 0.490 e. The van der Waals surface area contributed by atoms with Gasteiger partial charge < -0.3 is 14.8 Å². The summed E-state index contributed by atoms with van der Waals surface area (Å²) in [5.41, 5.74) is 3.49. The fraction of sp³-hybridized carbons (Fsp3) is 0.414. The van der Waals surface area contributed by atoms with Crippen LogP contribution in [0.3, 0.4) is 0 Å². The lowest BCUT2D eigenvalue weighted by molar-refractivity contribution is -0.118. The SMILES string of the molecule is CCCSc1nc2n(n1)C(c1ccc(OCc3ccc(Cl)cc3)c(OCC)c1)C1=C(CC(C)(C)CC1=O)N2. The number of ether oxygens (including phenoxy) is 2. The van der Waals surface area contributed by atoms with E-state index >= 15 is 0 Å². The number of fused-ring (bicyclic) bond motifs is 1. The van der Waals surface area contributed by atoms with Crippen molar-refractivity contribution in [3.63, 3.8) is 0 Å². The molecule has 38 heavy (non-hydrogen) atoms. The van der Waals surface area contributed by atoms with Crippen molar-refractivity contribution in [3.8, 4) is 11.5 Å². The molecule has 0 fully saturated rings. The zero-order chi connectivity index (χ0) is 26.9. The molecule has 1 aliphatic heterocycles. The van der Waals surface area contributed by atoms with Gasteiger partial charge in [-0.3, -0.25) is 4.79 Å². The van der Waals surface area contributed by atoms with Crippen molar-refractivity contribution in [2.45, 2.75) is 64.8 Å². The van der Waals surface area contributed by atoms with Crippen LogP contribution in [0.5, 0.6) is 11.5 Å². The van der Waals surface area contributed by atoms with Crippen LogP contribution >= 0.6 is 23.4 Å². The average Bonchev–Trinajstić information content (AvgIpc) is 3.28. The number of carbonyl (C=O) groups is 1. The van der Waals surface area contributed by atoms with Crippen LogP contribution in [0.2, 0.25) is 5.02 Å². The molecule has 0 saturated heterocycles. The quantitative estimate of drug-likeness (QED) is 0.284. The number of rotatable bonds is 9. The zero-order valence-corrected chi connectivity index (χ0v) is 23.8. The first-order chi connectivity index (χ1) is 18.3. The molecule has 1 atom stereocenters. The third-order valence-corrected chi connectivity index (χ3v) is 7.93. The molecule has 1 aromatic heterocycles. The molecule has 0 amide bonds. The van der Waals surface area contributed by atoms with Crippen LogP contribution in [0.1, 0.15) is 64.1 Å². The van der Waals surface area contributed by atoms with E-state index in [0.29, 0.717) is 47.3 Å². The third-order valence-electron chi connectivity index (χ3n) is 6.64. The Morgan fingerprint density at radius 1 is 1.11 bits per heavy atom. The lowest BCUT2D eigenvalue weighted by Crippen LogP contribution is -2.36. The Kier molecular flexibility index (Phi) is 7.73. The van der Waals surface area contributed by atoms with E-state index in [1.807, 2.05) is 54.1 Å². The van der Waals surface area contributed by atoms with Gasteiger partial charge in [-0.15, -0.1) is 5.10 Å². The second kappa shape index (κ2) is 11.0. The molecule has 0 bridgehead atoms. The average molecular weight is 553 g/mol. The molecule has 3 aromatic rings. The number of carbonyl (C=O) groups excluding carboxylic acids is 1. The number of allylic oxidation sites excluding steroid dienone is 2. The summed E-state index contributed by atoms with van der Waals surface area (Å²) in [7, 11) is 0. The predicted molar refractivity (Wildman–Crippen MR) is 151 cm³/mol. The highest BCUT2D eigenvalue weighted by Gasteiger charge is 2.42. The Hall–Kier alpha value is -2.97. The Morgan fingerprint density at radius 3 is 2.63 bits per heavy atom. The van der Waals surface area contributed by atoms with E-state index in [1.165, 1.54) is 0 Å². The van der Waals surface area contributed by atoms with E-state index in [4.69, 9.17) is 31.2 Å². The highest BCUT2D eigenvalue weighted by Crippen LogP contribution is 2.46. The van der Waals surface area contributed by atoms with Gasteiger partial charge in [-0.1, -0.05) is 62.3 Å². The minimum Gasteiger partial charge on any atom is -0.490 e. The van der Waals surface area contributed by atoms with Crippen LogP contribution in [0.25, 0.3) is 0 Å². The summed E-state index contributed by atoms with van der Waals surface area (Å²) < 4.78 is 14.0. The van der Waals surface area contributed by atoms with Crippen molar-refractivity contribution >= 4 is 35.1 Å². The van der Waals surface area contributed by atoms with E-state index in [9.17, 15) is 4.79 Å². The molecule has 0 spiro atoms. The minimum atomic E-state index is -0.391. The smallest absolute Gasteiger partial charge is 0.227 e. The molecule has 2 heterocycles. The number of benzene rings is 2. The van der Waals surface area contributed by atoms with Crippen LogP contribution in [-0.2, 0) is 11.4 Å². The van der Waals surface area contributed by atoms with Gasteiger partial charge in [0.25, 0.3) is 0 Å². The summed E-state index contributed by atoms with van der Waals surface area (Å²) in [6.07, 6.45) is 2.30. The van der Waals surface area contributed by atoms with Crippen molar-refractivity contribution < 1.29 is 14.3 Å². The topological polar surface area (TPSA) is 78.3 Å². The first-order valence-corrected chi connectivity index (χ1v) is 14.4. The van der Waals surface area contributed by atoms with Gasteiger partial charge in [0.05, 0.1) is 6.61 Å². The van der Waals surface area contributed by atoms with E-state index in [2.05, 4.69) is 26.1 Å². The monoisotopic (exact) mass is 552 g/mol. The van der Waals surface area contributed by atoms with Crippen molar-refractivity contribution in [1.29, 1.82) is 0 Å². The van der Waals surface area contributed by atoms with Gasteiger partial charge >= 0.3 is 0 Å². The molecule has 9 heteroatoms. The van der Waals surface area contributed by atoms with Crippen molar-refractivity contribution in [1.82, 2.24) is 14.8 Å². The number of hydrogen-bond acceptors (Lipinski definition) is 7. The molecule has 200 valence electrons. The van der Waals surface area contributed by atoms with E-state index in [-0.39, 0.29) is 11.2 Å². The highest BCUT2D eigenvalue weighted by molar-refractivity contribution is 7.99. The van der Waals surface area contributed by atoms with Gasteiger partial charge in [0.1, 0.15) is 12.6 Å². The standard InChI is InChI=1S/C29H33ClN4O3S/c1-5-13-38-28-32-27-31-21-15-29(3,4)16-22(35)25(21)26(34(27)33-28)19-9-12-23(24(14-19)36-6-2)37-17-18-7-10-20(30)11-8-18/h7-12,14,26H,5-6,13,15-17H2,1-4H3,(H,31,32,33). The number of hydrogen-bond donors (Lipinski definition) is 1. The molecule has 1 N–H and O–H groups in total. The first-order valence-electron chi connectivity index (χ1n) is 13.0. The molecule has 0 saturated carbocycles. The number of halogens is 1. The Bertz CT molecular complexity index is 1370. The van der Waals surface area contributed by atoms with Gasteiger partial charge in [0.2, 0.25) is 11.1 Å². The second-order valence-electron chi connectivity index (χ2n) is 10.4. The maximum absolute atomic E-state index is 13.5. The molecule has 7 nitrogen and oxygen atoms in total. The van der Waals surface area contributed by atoms with Gasteiger partial charge in [0, 0.05) is 28.5 Å². The molecule has 1 aliphatic carbocycles. The zero-order valence-electron chi connectivity index (χ0n) is 22.2. The summed E-state index contributed by atoms with van der Waals surface area (Å²) in [6.45, 7) is 9.22. The Morgan fingerprint density at radius 2 is 1.89 bits per heavy atom. The van der Waals surface area contributed by atoms with Gasteiger partial charge in [-0.25, -0.2) is 4.68 Å². The fourth-order valence-corrected chi connectivity index (χ4v) is 5.79. The molecule has 5 rings (SSSR count). The molecule has 2 aliphatic rings. The van der Waals surface area contributed by atoms with Gasteiger partial charge in [0.15, 0.2) is 17.3 Å². The van der Waals surface area contributed by atoms with E-state index in [1.54, 1.807) is 11.8 Å². The van der Waals surface area contributed by atoms with E-state index in [0.717, 1.165) is 41.0 Å². The predicted octanol–water partition coefficient (Wildman–Crippen LogP) is 7.07. The summed E-state index contributed by atoms with van der Waals surface area (Å²) in [6, 6.07) is 13.1. The van der Waals surface area contributed by atoms with E-state index < -0.39 is 6.04 Å². The van der Waals surface area contributed by atoms with Crippen LogP contribution < -0.4 is 14.8 Å². The summed E-state index contributed by atoms with van der Waals surface area (Å²) in [5, 5.41) is 9.67. The molecule has 2 aromatic carbocycles. The number of anilines is 1. The second-order valence-corrected chi connectivity index (χ2v) is 11.9. The molecular weight excluding hydrogens is 520 g/mol. The van der Waals surface area contributed by atoms with Gasteiger partial charge in [-0.2, -0.15) is 4.98 Å². The molecule has 0 radical (unpaired) electrons. The number of thioether (sulfide) groups is 1. The number of ketones is 1.